The third-order valence-corrected chi connectivity index (χ3v) is 3.08. The molecule has 1 aromatic carbocycles. The molecule has 0 saturated heterocycles. The van der Waals surface area contributed by atoms with Gasteiger partial charge >= 0.3 is 5.97 Å². The van der Waals surface area contributed by atoms with Gasteiger partial charge in [-0.25, -0.2) is 4.79 Å². The average molecular weight is 314 g/mol. The topological polar surface area (TPSA) is 78.7 Å². The second kappa shape index (κ2) is 5.18. The average Bonchev–Trinajstić information content (AvgIpc) is 2.58. The fraction of sp³-hybridized carbons (Fsp3) is 0.182. The van der Waals surface area contributed by atoms with Crippen molar-refractivity contribution in [1.82, 2.24) is 0 Å². The number of ether oxygens (including phenoxy) is 2. The molecule has 0 amide bonds. The zero-order valence-electron chi connectivity index (χ0n) is 9.04. The number of nitro groups is 1. The molecule has 0 aromatic heterocycles. The molecule has 0 radical (unpaired) electrons. The molecular weight excluding hydrogens is 306 g/mol. The van der Waals surface area contributed by atoms with Crippen LogP contribution < -0.4 is 4.74 Å². The minimum absolute atomic E-state index is 0.0481. The normalized spacial score (nSPS) is 18.7. The van der Waals surface area contributed by atoms with Crippen LogP contribution in [0.1, 0.15) is 0 Å². The van der Waals surface area contributed by atoms with Crippen molar-refractivity contribution in [2.24, 2.45) is 0 Å². The zero-order valence-corrected chi connectivity index (χ0v) is 10.6. The van der Waals surface area contributed by atoms with E-state index < -0.39 is 23.5 Å². The molecule has 1 aliphatic rings. The van der Waals surface area contributed by atoms with Crippen molar-refractivity contribution in [2.75, 3.05) is 6.54 Å². The summed E-state index contributed by atoms with van der Waals surface area (Å²) < 4.78 is 10.4. The lowest BCUT2D eigenvalue weighted by Crippen LogP contribution is -2.20. The molecule has 7 heteroatoms. The predicted octanol–water partition coefficient (Wildman–Crippen LogP) is 1.87. The second-order valence-corrected chi connectivity index (χ2v) is 4.36. The quantitative estimate of drug-likeness (QED) is 0.481. The summed E-state index contributed by atoms with van der Waals surface area (Å²) >= 11 is 3.10. The maximum atomic E-state index is 11.5. The molecule has 1 atom stereocenters. The van der Waals surface area contributed by atoms with Crippen LogP contribution >= 0.6 is 15.9 Å². The Hall–Kier alpha value is -1.89. The molecule has 6 nitrogen and oxygen atoms in total. The van der Waals surface area contributed by atoms with E-state index in [0.717, 1.165) is 0 Å². The largest absolute Gasteiger partial charge is 0.449 e. The highest BCUT2D eigenvalue weighted by Gasteiger charge is 2.37. The van der Waals surface area contributed by atoms with Crippen LogP contribution in [0.3, 0.4) is 0 Å². The third kappa shape index (κ3) is 2.67. The Kier molecular flexibility index (Phi) is 3.61. The van der Waals surface area contributed by atoms with Crippen molar-refractivity contribution in [3.63, 3.8) is 0 Å². The summed E-state index contributed by atoms with van der Waals surface area (Å²) in [6.45, 7) is -0.492. The molecular formula is C11H8BrNO5. The number of para-hydroxylation sites is 1. The van der Waals surface area contributed by atoms with Crippen molar-refractivity contribution in [1.29, 1.82) is 0 Å². The van der Waals surface area contributed by atoms with Gasteiger partial charge in [-0.3, -0.25) is 10.1 Å². The van der Waals surface area contributed by atoms with Crippen LogP contribution in [0, 0.1) is 10.1 Å². The van der Waals surface area contributed by atoms with Gasteiger partial charge in [0.2, 0.25) is 18.4 Å². The van der Waals surface area contributed by atoms with Gasteiger partial charge in [0.1, 0.15) is 5.75 Å². The molecule has 0 bridgehead atoms. The lowest BCUT2D eigenvalue weighted by molar-refractivity contribution is -0.487. The molecule has 2 rings (SSSR count). The van der Waals surface area contributed by atoms with E-state index in [2.05, 4.69) is 15.9 Å². The summed E-state index contributed by atoms with van der Waals surface area (Å²) in [5.74, 6) is -0.297. The molecule has 0 saturated carbocycles. The molecule has 0 fully saturated rings. The van der Waals surface area contributed by atoms with E-state index in [1.807, 2.05) is 0 Å². The van der Waals surface area contributed by atoms with Crippen molar-refractivity contribution in [3.05, 3.63) is 50.7 Å². The lowest BCUT2D eigenvalue weighted by Gasteiger charge is -2.03. The van der Waals surface area contributed by atoms with Gasteiger partial charge in [0.05, 0.1) is 4.48 Å². The highest BCUT2D eigenvalue weighted by atomic mass is 79.9. The molecule has 0 N–H and O–H groups in total. The van der Waals surface area contributed by atoms with E-state index in [-0.39, 0.29) is 10.2 Å². The Bertz CT molecular complexity index is 513. The fourth-order valence-electron chi connectivity index (χ4n) is 1.43. The SMILES string of the molecule is O=C1O[C@@H](C[N+](=O)[O-])C(Br)=C1Oc1ccccc1. The maximum Gasteiger partial charge on any atom is 0.376 e. The molecule has 0 unspecified atom stereocenters. The molecule has 1 heterocycles. The van der Waals surface area contributed by atoms with Crippen LogP contribution in [0.2, 0.25) is 0 Å². The Balaban J connectivity index is 2.18. The summed E-state index contributed by atoms with van der Waals surface area (Å²) in [7, 11) is 0. The molecule has 94 valence electrons. The van der Waals surface area contributed by atoms with Gasteiger partial charge in [0.15, 0.2) is 0 Å². The summed E-state index contributed by atoms with van der Waals surface area (Å²) in [6.07, 6.45) is -0.925. The Morgan fingerprint density at radius 2 is 2.06 bits per heavy atom. The highest BCUT2D eigenvalue weighted by molar-refractivity contribution is 9.11. The van der Waals surface area contributed by atoms with E-state index in [4.69, 9.17) is 9.47 Å². The van der Waals surface area contributed by atoms with Gasteiger partial charge in [-0.1, -0.05) is 18.2 Å². The van der Waals surface area contributed by atoms with Crippen molar-refractivity contribution in [3.8, 4) is 5.75 Å². The second-order valence-electron chi connectivity index (χ2n) is 3.50. The first kappa shape index (κ1) is 12.6. The number of carbonyl (C=O) groups is 1. The van der Waals surface area contributed by atoms with E-state index in [1.54, 1.807) is 30.3 Å². The summed E-state index contributed by atoms with van der Waals surface area (Å²) in [4.78, 5) is 21.4. The van der Waals surface area contributed by atoms with Crippen LogP contribution in [0.15, 0.2) is 40.6 Å². The number of benzene rings is 1. The van der Waals surface area contributed by atoms with Gasteiger partial charge in [0.25, 0.3) is 0 Å². The van der Waals surface area contributed by atoms with Crippen LogP contribution in [0.4, 0.5) is 0 Å². The monoisotopic (exact) mass is 313 g/mol. The first-order valence-corrected chi connectivity index (χ1v) is 5.82. The van der Waals surface area contributed by atoms with Gasteiger partial charge in [0, 0.05) is 4.92 Å². The predicted molar refractivity (Wildman–Crippen MR) is 64.8 cm³/mol. The first-order chi connectivity index (χ1) is 8.58. The van der Waals surface area contributed by atoms with E-state index in [1.165, 1.54) is 0 Å². The van der Waals surface area contributed by atoms with E-state index >= 15 is 0 Å². The lowest BCUT2D eigenvalue weighted by atomic mass is 10.3. The number of cyclic esters (lactones) is 1. The molecule has 0 spiro atoms. The zero-order chi connectivity index (χ0) is 13.1. The van der Waals surface area contributed by atoms with Crippen molar-refractivity contribution >= 4 is 21.9 Å². The summed E-state index contributed by atoms with van der Waals surface area (Å²) in [6, 6.07) is 8.64. The third-order valence-electron chi connectivity index (χ3n) is 2.21. The minimum Gasteiger partial charge on any atom is -0.449 e. The fourth-order valence-corrected chi connectivity index (χ4v) is 1.91. The molecule has 1 aromatic rings. The van der Waals surface area contributed by atoms with Crippen molar-refractivity contribution < 1.29 is 19.2 Å². The molecule has 18 heavy (non-hydrogen) atoms. The molecule has 1 aliphatic heterocycles. The van der Waals surface area contributed by atoms with Crippen LogP contribution in [0.25, 0.3) is 0 Å². The maximum absolute atomic E-state index is 11.5. The number of nitrogens with zero attached hydrogens (tertiary/aromatic N) is 1. The van der Waals surface area contributed by atoms with Gasteiger partial charge < -0.3 is 9.47 Å². The molecule has 0 aliphatic carbocycles. The number of hydrogen-bond acceptors (Lipinski definition) is 5. The number of esters is 1. The van der Waals surface area contributed by atoms with Gasteiger partial charge in [-0.2, -0.15) is 0 Å². The highest BCUT2D eigenvalue weighted by Crippen LogP contribution is 2.29. The van der Waals surface area contributed by atoms with Gasteiger partial charge in [-0.15, -0.1) is 0 Å². The smallest absolute Gasteiger partial charge is 0.376 e. The minimum atomic E-state index is -0.925. The Labute approximate surface area is 110 Å². The Morgan fingerprint density at radius 1 is 1.39 bits per heavy atom. The van der Waals surface area contributed by atoms with Crippen LogP contribution in [-0.4, -0.2) is 23.5 Å². The van der Waals surface area contributed by atoms with Crippen LogP contribution in [0.5, 0.6) is 5.75 Å². The van der Waals surface area contributed by atoms with Gasteiger partial charge in [-0.05, 0) is 28.1 Å². The number of hydrogen-bond donors (Lipinski definition) is 0. The first-order valence-electron chi connectivity index (χ1n) is 5.03. The van der Waals surface area contributed by atoms with E-state index in [0.29, 0.717) is 5.75 Å². The van der Waals surface area contributed by atoms with E-state index in [9.17, 15) is 14.9 Å². The van der Waals surface area contributed by atoms with Crippen LogP contribution in [-0.2, 0) is 9.53 Å². The number of rotatable bonds is 4. The summed E-state index contributed by atoms with van der Waals surface area (Å²) in [5.41, 5.74) is 0. The van der Waals surface area contributed by atoms with Crippen molar-refractivity contribution in [2.45, 2.75) is 6.10 Å². The number of halogens is 1. The standard InChI is InChI=1S/C11H8BrNO5/c12-9-8(6-13(15)16)18-11(14)10(9)17-7-4-2-1-3-5-7/h1-5,8H,6H2/t8-/m0/s1. The summed E-state index contributed by atoms with van der Waals surface area (Å²) in [5, 5.41) is 10.4. The Morgan fingerprint density at radius 3 is 2.67 bits per heavy atom. The number of carbonyl (C=O) groups excluding carboxylic acids is 1.